The number of hydrogen-bond donors (Lipinski definition) is 2. The van der Waals surface area contributed by atoms with Crippen molar-refractivity contribution in [3.63, 3.8) is 0 Å². The van der Waals surface area contributed by atoms with Crippen molar-refractivity contribution >= 4 is 5.91 Å². The molecular weight excluding hydrogens is 335 g/mol. The second-order valence-electron chi connectivity index (χ2n) is 6.67. The number of aryl methyl sites for hydroxylation is 1. The van der Waals surface area contributed by atoms with Gasteiger partial charge in [0.2, 0.25) is 0 Å². The Morgan fingerprint density at radius 1 is 1.38 bits per heavy atom. The maximum absolute atomic E-state index is 13.2. The third-order valence-corrected chi connectivity index (χ3v) is 4.68. The number of carbonyl (C=O) groups excluding carboxylic acids is 1. The van der Waals surface area contributed by atoms with Crippen LogP contribution in [0.5, 0.6) is 0 Å². The van der Waals surface area contributed by atoms with Crippen molar-refractivity contribution in [3.8, 4) is 0 Å². The molecule has 1 aliphatic rings. The van der Waals surface area contributed by atoms with Gasteiger partial charge in [-0.1, -0.05) is 12.1 Å². The highest BCUT2D eigenvalue weighted by Crippen LogP contribution is 2.23. The predicted molar refractivity (Wildman–Crippen MR) is 97.0 cm³/mol. The molecule has 0 bridgehead atoms. The summed E-state index contributed by atoms with van der Waals surface area (Å²) in [6.07, 6.45) is 2.49. The van der Waals surface area contributed by atoms with E-state index in [-0.39, 0.29) is 17.3 Å². The molecule has 138 valence electrons. The van der Waals surface area contributed by atoms with Gasteiger partial charge in [-0.25, -0.2) is 9.18 Å². The standard InChI is InChI=1S/C20H23FN2O3/c1-13-10-17(15-5-3-8-22-12-15)26-20(25)18(13)19(24)23-9-7-14-4-2-6-16(21)11-14/h2,4,6,10-11,15,22H,3,5,7-9,12H2,1H3,(H,23,24). The van der Waals surface area contributed by atoms with E-state index in [0.29, 0.717) is 24.3 Å². The minimum Gasteiger partial charge on any atom is -0.427 e. The van der Waals surface area contributed by atoms with Gasteiger partial charge < -0.3 is 15.1 Å². The lowest BCUT2D eigenvalue weighted by Crippen LogP contribution is -2.32. The summed E-state index contributed by atoms with van der Waals surface area (Å²) in [6.45, 7) is 3.82. The number of benzene rings is 1. The quantitative estimate of drug-likeness (QED) is 0.862. The fourth-order valence-corrected chi connectivity index (χ4v) is 3.30. The topological polar surface area (TPSA) is 71.3 Å². The van der Waals surface area contributed by atoms with E-state index in [9.17, 15) is 14.0 Å². The molecule has 0 saturated carbocycles. The van der Waals surface area contributed by atoms with Crippen LogP contribution in [-0.2, 0) is 6.42 Å². The molecule has 1 unspecified atom stereocenters. The van der Waals surface area contributed by atoms with Crippen molar-refractivity contribution in [2.24, 2.45) is 0 Å². The lowest BCUT2D eigenvalue weighted by atomic mass is 9.95. The number of nitrogens with one attached hydrogen (secondary N) is 2. The van der Waals surface area contributed by atoms with Crippen molar-refractivity contribution in [1.29, 1.82) is 0 Å². The number of piperidine rings is 1. The molecule has 3 rings (SSSR count). The van der Waals surface area contributed by atoms with Crippen molar-refractivity contribution in [3.05, 3.63) is 69.0 Å². The molecule has 1 saturated heterocycles. The third kappa shape index (κ3) is 4.38. The van der Waals surface area contributed by atoms with Crippen LogP contribution in [0.2, 0.25) is 0 Å². The first-order valence-electron chi connectivity index (χ1n) is 8.92. The zero-order chi connectivity index (χ0) is 18.5. The van der Waals surface area contributed by atoms with Crippen LogP contribution in [0.1, 0.15) is 46.0 Å². The molecule has 1 aromatic heterocycles. The molecule has 26 heavy (non-hydrogen) atoms. The van der Waals surface area contributed by atoms with Gasteiger partial charge in [0, 0.05) is 19.0 Å². The third-order valence-electron chi connectivity index (χ3n) is 4.68. The zero-order valence-electron chi connectivity index (χ0n) is 14.8. The Bertz CT molecular complexity index is 841. The Hall–Kier alpha value is -2.47. The Labute approximate surface area is 151 Å². The monoisotopic (exact) mass is 358 g/mol. The van der Waals surface area contributed by atoms with Crippen LogP contribution in [0.15, 0.2) is 39.5 Å². The van der Waals surface area contributed by atoms with Crippen LogP contribution in [0.3, 0.4) is 0 Å². The largest absolute Gasteiger partial charge is 0.427 e. The minimum atomic E-state index is -0.603. The van der Waals surface area contributed by atoms with Crippen LogP contribution < -0.4 is 16.3 Å². The molecule has 0 aliphatic carbocycles. The van der Waals surface area contributed by atoms with E-state index in [1.807, 2.05) is 0 Å². The lowest BCUT2D eigenvalue weighted by Gasteiger charge is -2.22. The molecule has 2 N–H and O–H groups in total. The summed E-state index contributed by atoms with van der Waals surface area (Å²) in [5.41, 5.74) is 0.838. The van der Waals surface area contributed by atoms with Crippen LogP contribution in [0, 0.1) is 12.7 Å². The number of halogens is 1. The van der Waals surface area contributed by atoms with Gasteiger partial charge in [-0.05, 0) is 62.1 Å². The van der Waals surface area contributed by atoms with Crippen LogP contribution in [-0.4, -0.2) is 25.5 Å². The molecule has 1 amide bonds. The van der Waals surface area contributed by atoms with E-state index in [0.717, 1.165) is 31.5 Å². The average Bonchev–Trinajstić information content (AvgIpc) is 2.62. The van der Waals surface area contributed by atoms with Gasteiger partial charge >= 0.3 is 5.63 Å². The summed E-state index contributed by atoms with van der Waals surface area (Å²) in [4.78, 5) is 24.7. The van der Waals surface area contributed by atoms with E-state index >= 15 is 0 Å². The SMILES string of the molecule is Cc1cc(C2CCCNC2)oc(=O)c1C(=O)NCCc1cccc(F)c1. The first-order valence-corrected chi connectivity index (χ1v) is 8.92. The number of rotatable bonds is 5. The normalized spacial score (nSPS) is 17.1. The number of amides is 1. The van der Waals surface area contributed by atoms with E-state index in [4.69, 9.17) is 4.42 Å². The van der Waals surface area contributed by atoms with E-state index in [1.54, 1.807) is 25.1 Å². The molecule has 0 radical (unpaired) electrons. The van der Waals surface area contributed by atoms with Gasteiger partial charge in [-0.2, -0.15) is 0 Å². The van der Waals surface area contributed by atoms with E-state index < -0.39 is 11.5 Å². The predicted octanol–water partition coefficient (Wildman–Crippen LogP) is 2.53. The smallest absolute Gasteiger partial charge is 0.349 e. The summed E-state index contributed by atoms with van der Waals surface area (Å²) in [5, 5.41) is 6.00. The summed E-state index contributed by atoms with van der Waals surface area (Å²) in [6, 6.07) is 8.02. The molecule has 2 heterocycles. The highest BCUT2D eigenvalue weighted by molar-refractivity contribution is 5.95. The van der Waals surface area contributed by atoms with Crippen LogP contribution in [0.4, 0.5) is 4.39 Å². The summed E-state index contributed by atoms with van der Waals surface area (Å²) < 4.78 is 18.6. The maximum Gasteiger partial charge on any atom is 0.349 e. The molecule has 1 aliphatic heterocycles. The Morgan fingerprint density at radius 3 is 2.92 bits per heavy atom. The first-order chi connectivity index (χ1) is 12.5. The van der Waals surface area contributed by atoms with Gasteiger partial charge in [0.1, 0.15) is 17.1 Å². The zero-order valence-corrected chi connectivity index (χ0v) is 14.8. The van der Waals surface area contributed by atoms with E-state index in [1.165, 1.54) is 12.1 Å². The molecule has 5 nitrogen and oxygen atoms in total. The molecule has 0 spiro atoms. The molecule has 6 heteroatoms. The van der Waals surface area contributed by atoms with Gasteiger partial charge in [0.15, 0.2) is 0 Å². The Morgan fingerprint density at radius 2 is 2.23 bits per heavy atom. The minimum absolute atomic E-state index is 0.0387. The van der Waals surface area contributed by atoms with Gasteiger partial charge in [0.05, 0.1) is 0 Å². The average molecular weight is 358 g/mol. The molecule has 2 aromatic rings. The van der Waals surface area contributed by atoms with Crippen LogP contribution in [0.25, 0.3) is 0 Å². The second kappa shape index (κ2) is 8.27. The Balaban J connectivity index is 1.66. The fourth-order valence-electron chi connectivity index (χ4n) is 3.30. The van der Waals surface area contributed by atoms with Gasteiger partial charge in [-0.15, -0.1) is 0 Å². The summed E-state index contributed by atoms with van der Waals surface area (Å²) in [7, 11) is 0. The highest BCUT2D eigenvalue weighted by Gasteiger charge is 2.22. The van der Waals surface area contributed by atoms with Gasteiger partial charge in [-0.3, -0.25) is 4.79 Å². The van der Waals surface area contributed by atoms with Crippen molar-refractivity contribution in [1.82, 2.24) is 10.6 Å². The molecule has 1 atom stereocenters. The van der Waals surface area contributed by atoms with E-state index in [2.05, 4.69) is 10.6 Å². The lowest BCUT2D eigenvalue weighted by molar-refractivity contribution is 0.0949. The summed E-state index contributed by atoms with van der Waals surface area (Å²) in [5.74, 6) is 0.0373. The molecular formula is C20H23FN2O3. The summed E-state index contributed by atoms with van der Waals surface area (Å²) >= 11 is 0. The molecule has 1 fully saturated rings. The van der Waals surface area contributed by atoms with Crippen molar-refractivity contribution in [2.45, 2.75) is 32.1 Å². The second-order valence-corrected chi connectivity index (χ2v) is 6.67. The fraction of sp³-hybridized carbons (Fsp3) is 0.400. The first kappa shape index (κ1) is 18.3. The highest BCUT2D eigenvalue weighted by atomic mass is 19.1. The van der Waals surface area contributed by atoms with Crippen LogP contribution >= 0.6 is 0 Å². The maximum atomic E-state index is 13.2. The van der Waals surface area contributed by atoms with Crippen molar-refractivity contribution < 1.29 is 13.6 Å². The van der Waals surface area contributed by atoms with Gasteiger partial charge in [0.25, 0.3) is 5.91 Å². The Kier molecular flexibility index (Phi) is 5.83. The number of hydrogen-bond acceptors (Lipinski definition) is 4. The molecule has 1 aromatic carbocycles. The number of carbonyl (C=O) groups is 1. The van der Waals surface area contributed by atoms with Crippen molar-refractivity contribution in [2.75, 3.05) is 19.6 Å².